The molecule has 0 radical (unpaired) electrons. The Hall–Kier alpha value is -2.99. The summed E-state index contributed by atoms with van der Waals surface area (Å²) in [5, 5.41) is 17.7. The lowest BCUT2D eigenvalue weighted by atomic mass is 10.00. The molecular weight excluding hydrogens is 406 g/mol. The van der Waals surface area contributed by atoms with Gasteiger partial charge >= 0.3 is 5.97 Å². The number of carboxylic acid groups (broad SMARTS) is 1. The van der Waals surface area contributed by atoms with Crippen molar-refractivity contribution in [2.45, 2.75) is 13.3 Å². The van der Waals surface area contributed by atoms with Gasteiger partial charge < -0.3 is 5.11 Å². The summed E-state index contributed by atoms with van der Waals surface area (Å²) in [5.41, 5.74) is 5.36. The Morgan fingerprint density at radius 1 is 1.07 bits per heavy atom. The molecule has 2 heterocycles. The van der Waals surface area contributed by atoms with Crippen LogP contribution in [0.25, 0.3) is 33.5 Å². The number of aromatic carboxylic acids is 1. The number of aryl methyl sites for hydroxylation is 1. The van der Waals surface area contributed by atoms with Crippen molar-refractivity contribution >= 4 is 32.9 Å². The molecule has 4 rings (SSSR count). The highest BCUT2D eigenvalue weighted by Crippen LogP contribution is 2.29. The molecule has 0 unspecified atom stereocenters. The Kier molecular flexibility index (Phi) is 4.49. The number of carbonyl (C=O) groups is 1. The SMILES string of the molecule is CCc1cc(-c2ccc3c(-c4ccc(Br)cc4)[nH]nc3n2)ccc1C(=O)O. The normalized spacial score (nSPS) is 11.0. The highest BCUT2D eigenvalue weighted by Gasteiger charge is 2.13. The number of carboxylic acids is 1. The van der Waals surface area contributed by atoms with Crippen LogP contribution in [0, 0.1) is 0 Å². The van der Waals surface area contributed by atoms with Crippen LogP contribution < -0.4 is 0 Å². The van der Waals surface area contributed by atoms with Gasteiger partial charge in [-0.05, 0) is 48.4 Å². The van der Waals surface area contributed by atoms with Gasteiger partial charge in [-0.3, -0.25) is 5.10 Å². The fourth-order valence-electron chi connectivity index (χ4n) is 3.15. The number of hydrogen-bond donors (Lipinski definition) is 2. The molecule has 0 spiro atoms. The smallest absolute Gasteiger partial charge is 0.335 e. The second-order valence-electron chi connectivity index (χ2n) is 6.20. The van der Waals surface area contributed by atoms with E-state index in [-0.39, 0.29) is 0 Å². The Morgan fingerprint density at radius 3 is 2.52 bits per heavy atom. The van der Waals surface area contributed by atoms with Crippen molar-refractivity contribution in [1.82, 2.24) is 15.2 Å². The van der Waals surface area contributed by atoms with Gasteiger partial charge in [-0.15, -0.1) is 0 Å². The van der Waals surface area contributed by atoms with E-state index in [1.54, 1.807) is 12.1 Å². The van der Waals surface area contributed by atoms with Crippen LogP contribution in [0.4, 0.5) is 0 Å². The zero-order chi connectivity index (χ0) is 19.0. The Bertz CT molecular complexity index is 1150. The summed E-state index contributed by atoms with van der Waals surface area (Å²) in [5.74, 6) is -0.909. The van der Waals surface area contributed by atoms with Crippen molar-refractivity contribution in [1.29, 1.82) is 0 Å². The molecule has 2 aromatic carbocycles. The number of rotatable bonds is 4. The molecule has 0 atom stereocenters. The summed E-state index contributed by atoms with van der Waals surface area (Å²) in [4.78, 5) is 16.0. The average molecular weight is 422 g/mol. The number of halogens is 1. The maximum Gasteiger partial charge on any atom is 0.335 e. The van der Waals surface area contributed by atoms with Crippen molar-refractivity contribution in [2.24, 2.45) is 0 Å². The Balaban J connectivity index is 1.77. The third-order valence-electron chi connectivity index (χ3n) is 4.56. The first-order valence-corrected chi connectivity index (χ1v) is 9.33. The third kappa shape index (κ3) is 3.24. The first-order valence-electron chi connectivity index (χ1n) is 8.54. The fraction of sp³-hybridized carbons (Fsp3) is 0.0952. The van der Waals surface area contributed by atoms with Crippen LogP contribution in [-0.4, -0.2) is 26.3 Å². The van der Waals surface area contributed by atoms with Crippen LogP contribution >= 0.6 is 15.9 Å². The highest BCUT2D eigenvalue weighted by molar-refractivity contribution is 9.10. The maximum absolute atomic E-state index is 11.3. The summed E-state index contributed by atoms with van der Waals surface area (Å²) in [6.45, 7) is 1.94. The van der Waals surface area contributed by atoms with E-state index >= 15 is 0 Å². The molecule has 4 aromatic rings. The summed E-state index contributed by atoms with van der Waals surface area (Å²) in [6, 6.07) is 17.3. The number of benzene rings is 2. The van der Waals surface area contributed by atoms with Gasteiger partial charge in [0.1, 0.15) is 0 Å². The average Bonchev–Trinajstić information content (AvgIpc) is 3.11. The van der Waals surface area contributed by atoms with Crippen molar-refractivity contribution in [3.8, 4) is 22.5 Å². The first-order chi connectivity index (χ1) is 13.1. The number of pyridine rings is 1. The lowest BCUT2D eigenvalue weighted by Gasteiger charge is -2.07. The van der Waals surface area contributed by atoms with Crippen molar-refractivity contribution < 1.29 is 9.90 Å². The number of nitrogens with one attached hydrogen (secondary N) is 1. The van der Waals surface area contributed by atoms with E-state index in [1.807, 2.05) is 49.4 Å². The first kappa shape index (κ1) is 17.4. The minimum absolute atomic E-state index is 0.333. The van der Waals surface area contributed by atoms with Gasteiger partial charge in [-0.1, -0.05) is 41.1 Å². The van der Waals surface area contributed by atoms with E-state index in [4.69, 9.17) is 0 Å². The second-order valence-corrected chi connectivity index (χ2v) is 7.12. The molecule has 0 saturated carbocycles. The predicted molar refractivity (Wildman–Crippen MR) is 109 cm³/mol. The van der Waals surface area contributed by atoms with Gasteiger partial charge in [0.05, 0.1) is 17.0 Å². The molecule has 0 bridgehead atoms. The molecule has 0 fully saturated rings. The molecule has 5 nitrogen and oxygen atoms in total. The molecule has 0 aliphatic carbocycles. The number of aromatic amines is 1. The fourth-order valence-corrected chi connectivity index (χ4v) is 3.41. The van der Waals surface area contributed by atoms with E-state index in [0.29, 0.717) is 17.6 Å². The van der Waals surface area contributed by atoms with Crippen LogP contribution in [0.5, 0.6) is 0 Å². The zero-order valence-corrected chi connectivity index (χ0v) is 16.1. The Labute approximate surface area is 164 Å². The third-order valence-corrected chi connectivity index (χ3v) is 5.09. The van der Waals surface area contributed by atoms with Crippen LogP contribution in [0.1, 0.15) is 22.8 Å². The van der Waals surface area contributed by atoms with E-state index < -0.39 is 5.97 Å². The van der Waals surface area contributed by atoms with Crippen molar-refractivity contribution in [2.75, 3.05) is 0 Å². The highest BCUT2D eigenvalue weighted by atomic mass is 79.9. The van der Waals surface area contributed by atoms with E-state index in [0.717, 1.165) is 37.9 Å². The lowest BCUT2D eigenvalue weighted by molar-refractivity contribution is 0.0696. The van der Waals surface area contributed by atoms with Crippen LogP contribution in [0.2, 0.25) is 0 Å². The largest absolute Gasteiger partial charge is 0.478 e. The number of nitrogens with zero attached hydrogens (tertiary/aromatic N) is 2. The molecule has 0 amide bonds. The monoisotopic (exact) mass is 421 g/mol. The summed E-state index contributed by atoms with van der Waals surface area (Å²) in [7, 11) is 0. The van der Waals surface area contributed by atoms with E-state index in [9.17, 15) is 9.90 Å². The topological polar surface area (TPSA) is 78.9 Å². The minimum atomic E-state index is -0.909. The maximum atomic E-state index is 11.3. The lowest BCUT2D eigenvalue weighted by Crippen LogP contribution is -2.02. The second kappa shape index (κ2) is 6.96. The number of fused-ring (bicyclic) bond motifs is 1. The molecule has 134 valence electrons. The predicted octanol–water partition coefficient (Wildman–Crippen LogP) is 5.32. The molecule has 0 saturated heterocycles. The molecule has 2 N–H and O–H groups in total. The van der Waals surface area contributed by atoms with E-state index in [2.05, 4.69) is 31.1 Å². The zero-order valence-electron chi connectivity index (χ0n) is 14.5. The number of hydrogen-bond acceptors (Lipinski definition) is 3. The summed E-state index contributed by atoms with van der Waals surface area (Å²) < 4.78 is 1.02. The standard InChI is InChI=1S/C21H16BrN3O2/c1-2-12-11-14(5-8-16(12)21(26)27)18-10-9-17-19(24-25-20(17)23-18)13-3-6-15(22)7-4-13/h3-11H,2H2,1H3,(H,26,27)(H,23,24,25). The van der Waals surface area contributed by atoms with Crippen molar-refractivity contribution in [3.63, 3.8) is 0 Å². The molecule has 2 aromatic heterocycles. The van der Waals surface area contributed by atoms with Gasteiger partial charge in [0.15, 0.2) is 5.65 Å². The van der Waals surface area contributed by atoms with Gasteiger partial charge in [0.25, 0.3) is 0 Å². The van der Waals surface area contributed by atoms with Crippen LogP contribution in [0.15, 0.2) is 59.1 Å². The van der Waals surface area contributed by atoms with Crippen molar-refractivity contribution in [3.05, 3.63) is 70.2 Å². The van der Waals surface area contributed by atoms with Gasteiger partial charge in [-0.25, -0.2) is 9.78 Å². The van der Waals surface area contributed by atoms with Gasteiger partial charge in [-0.2, -0.15) is 5.10 Å². The van der Waals surface area contributed by atoms with Crippen LogP contribution in [-0.2, 0) is 6.42 Å². The van der Waals surface area contributed by atoms with E-state index in [1.165, 1.54) is 0 Å². The quantitative estimate of drug-likeness (QED) is 0.467. The number of aromatic nitrogens is 3. The van der Waals surface area contributed by atoms with Crippen LogP contribution in [0.3, 0.4) is 0 Å². The summed E-state index contributed by atoms with van der Waals surface area (Å²) in [6.07, 6.45) is 0.647. The Morgan fingerprint density at radius 2 is 1.81 bits per heavy atom. The molecule has 0 aliphatic rings. The molecule has 6 heteroatoms. The minimum Gasteiger partial charge on any atom is -0.478 e. The van der Waals surface area contributed by atoms with Gasteiger partial charge in [0.2, 0.25) is 0 Å². The molecule has 27 heavy (non-hydrogen) atoms. The number of H-pyrrole nitrogens is 1. The summed E-state index contributed by atoms with van der Waals surface area (Å²) >= 11 is 3.44. The molecular formula is C21H16BrN3O2. The van der Waals surface area contributed by atoms with Gasteiger partial charge in [0, 0.05) is 21.0 Å². The molecule has 0 aliphatic heterocycles.